The molecule has 0 aliphatic carbocycles. The van der Waals surface area contributed by atoms with Gasteiger partial charge < -0.3 is 10.2 Å². The summed E-state index contributed by atoms with van der Waals surface area (Å²) in [6, 6.07) is 0.326. The van der Waals surface area contributed by atoms with Crippen molar-refractivity contribution in [2.45, 2.75) is 26.3 Å². The third kappa shape index (κ3) is 2.20. The van der Waals surface area contributed by atoms with Crippen LogP contribution < -0.4 is 5.32 Å². The maximum Gasteiger partial charge on any atom is 0.257 e. The molecule has 1 N–H and O–H groups in total. The third-order valence-corrected chi connectivity index (χ3v) is 3.54. The maximum atomic E-state index is 12.4. The highest BCUT2D eigenvalue weighted by molar-refractivity contribution is 5.95. The fourth-order valence-electron chi connectivity index (χ4n) is 2.34. The zero-order chi connectivity index (χ0) is 12.4. The van der Waals surface area contributed by atoms with E-state index in [1.54, 1.807) is 10.9 Å². The molecule has 2 heterocycles. The average molecular weight is 236 g/mol. The molecule has 1 amide bonds. The first-order valence-electron chi connectivity index (χ1n) is 6.15. The third-order valence-electron chi connectivity index (χ3n) is 3.54. The molecule has 17 heavy (non-hydrogen) atoms. The molecule has 1 atom stereocenters. The number of aryl methyl sites for hydroxylation is 1. The van der Waals surface area contributed by atoms with Crippen LogP contribution in [0.15, 0.2) is 6.20 Å². The lowest BCUT2D eigenvalue weighted by Gasteiger charge is -2.27. The van der Waals surface area contributed by atoms with Crippen LogP contribution in [0.5, 0.6) is 0 Å². The number of likely N-dealkylation sites (N-methyl/N-ethyl adjacent to an activating group) is 1. The Kier molecular flexibility index (Phi) is 3.47. The number of hydrogen-bond acceptors (Lipinski definition) is 3. The van der Waals surface area contributed by atoms with Gasteiger partial charge in [0.15, 0.2) is 0 Å². The van der Waals surface area contributed by atoms with E-state index in [1.807, 2.05) is 25.8 Å². The number of rotatable bonds is 3. The topological polar surface area (TPSA) is 50.2 Å². The Labute approximate surface area is 102 Å². The molecule has 1 aliphatic heterocycles. The Bertz CT molecular complexity index is 407. The van der Waals surface area contributed by atoms with Gasteiger partial charge in [0.05, 0.1) is 11.8 Å². The molecule has 0 radical (unpaired) electrons. The smallest absolute Gasteiger partial charge is 0.257 e. The van der Waals surface area contributed by atoms with Crippen molar-refractivity contribution in [1.82, 2.24) is 20.0 Å². The lowest BCUT2D eigenvalue weighted by molar-refractivity contribution is 0.0703. The van der Waals surface area contributed by atoms with Crippen LogP contribution in [0.1, 0.15) is 29.4 Å². The number of nitrogens with zero attached hydrogens (tertiary/aromatic N) is 3. The van der Waals surface area contributed by atoms with Gasteiger partial charge in [0.2, 0.25) is 0 Å². The molecule has 1 aliphatic rings. The van der Waals surface area contributed by atoms with Gasteiger partial charge in [-0.15, -0.1) is 0 Å². The normalized spacial score (nSPS) is 19.6. The van der Waals surface area contributed by atoms with E-state index in [4.69, 9.17) is 0 Å². The predicted molar refractivity (Wildman–Crippen MR) is 65.9 cm³/mol. The highest BCUT2D eigenvalue weighted by atomic mass is 16.2. The monoisotopic (exact) mass is 236 g/mol. The predicted octanol–water partition coefficient (Wildman–Crippen LogP) is 0.553. The average Bonchev–Trinajstić information content (AvgIpc) is 2.92. The van der Waals surface area contributed by atoms with Gasteiger partial charge in [-0.25, -0.2) is 0 Å². The minimum atomic E-state index is 0.104. The Balaban J connectivity index is 2.19. The van der Waals surface area contributed by atoms with Gasteiger partial charge in [0.1, 0.15) is 0 Å². The second-order valence-corrected chi connectivity index (χ2v) is 4.51. The van der Waals surface area contributed by atoms with E-state index in [0.29, 0.717) is 6.04 Å². The van der Waals surface area contributed by atoms with Crippen molar-refractivity contribution in [2.24, 2.45) is 7.05 Å². The van der Waals surface area contributed by atoms with E-state index >= 15 is 0 Å². The molecule has 2 rings (SSSR count). The Hall–Kier alpha value is -1.36. The number of hydrogen-bond donors (Lipinski definition) is 1. The van der Waals surface area contributed by atoms with E-state index in [2.05, 4.69) is 10.4 Å². The molecule has 1 aromatic rings. The van der Waals surface area contributed by atoms with Crippen molar-refractivity contribution >= 4 is 5.91 Å². The van der Waals surface area contributed by atoms with Crippen LogP contribution in [0.25, 0.3) is 0 Å². The van der Waals surface area contributed by atoms with E-state index in [-0.39, 0.29) is 5.91 Å². The largest absolute Gasteiger partial charge is 0.335 e. The highest BCUT2D eigenvalue weighted by Crippen LogP contribution is 2.15. The van der Waals surface area contributed by atoms with E-state index in [0.717, 1.165) is 37.3 Å². The summed E-state index contributed by atoms with van der Waals surface area (Å²) in [4.78, 5) is 14.4. The molecule has 0 bridgehead atoms. The molecular formula is C12H20N4O. The summed E-state index contributed by atoms with van der Waals surface area (Å²) in [5, 5.41) is 7.43. The molecule has 1 aromatic heterocycles. The zero-order valence-corrected chi connectivity index (χ0v) is 10.7. The van der Waals surface area contributed by atoms with Crippen molar-refractivity contribution < 1.29 is 4.79 Å². The molecule has 94 valence electrons. The fourth-order valence-corrected chi connectivity index (χ4v) is 2.34. The van der Waals surface area contributed by atoms with E-state index in [9.17, 15) is 4.79 Å². The van der Waals surface area contributed by atoms with Crippen molar-refractivity contribution in [2.75, 3.05) is 19.6 Å². The zero-order valence-electron chi connectivity index (χ0n) is 10.7. The second-order valence-electron chi connectivity index (χ2n) is 4.51. The summed E-state index contributed by atoms with van der Waals surface area (Å²) >= 11 is 0. The molecule has 1 saturated heterocycles. The molecule has 5 heteroatoms. The fraction of sp³-hybridized carbons (Fsp3) is 0.667. The van der Waals surface area contributed by atoms with Crippen LogP contribution in [-0.4, -0.2) is 46.3 Å². The summed E-state index contributed by atoms with van der Waals surface area (Å²) in [5.74, 6) is 0.104. The number of nitrogens with one attached hydrogen (secondary N) is 1. The maximum absolute atomic E-state index is 12.4. The quantitative estimate of drug-likeness (QED) is 0.834. The van der Waals surface area contributed by atoms with Crippen LogP contribution in [-0.2, 0) is 7.05 Å². The first kappa shape index (κ1) is 12.1. The Morgan fingerprint density at radius 2 is 2.47 bits per heavy atom. The van der Waals surface area contributed by atoms with Crippen molar-refractivity contribution in [3.63, 3.8) is 0 Å². The minimum absolute atomic E-state index is 0.104. The standard InChI is InChI=1S/C12H20N4O/c1-4-16(10-5-6-13-7-10)12(17)11-8-14-15(3)9(11)2/h8,10,13H,4-7H2,1-3H3. The summed E-state index contributed by atoms with van der Waals surface area (Å²) in [6.45, 7) is 6.61. The summed E-state index contributed by atoms with van der Waals surface area (Å²) in [7, 11) is 1.86. The molecule has 5 nitrogen and oxygen atoms in total. The number of aromatic nitrogens is 2. The Morgan fingerprint density at radius 1 is 1.71 bits per heavy atom. The first-order valence-corrected chi connectivity index (χ1v) is 6.15. The van der Waals surface area contributed by atoms with Crippen molar-refractivity contribution in [3.8, 4) is 0 Å². The van der Waals surface area contributed by atoms with Gasteiger partial charge in [-0.2, -0.15) is 5.10 Å². The number of carbonyl (C=O) groups is 1. The molecule has 1 fully saturated rings. The molecular weight excluding hydrogens is 216 g/mol. The van der Waals surface area contributed by atoms with Gasteiger partial charge >= 0.3 is 0 Å². The van der Waals surface area contributed by atoms with Crippen LogP contribution in [0.2, 0.25) is 0 Å². The van der Waals surface area contributed by atoms with Gasteiger partial charge in [-0.05, 0) is 26.8 Å². The number of carbonyl (C=O) groups excluding carboxylic acids is 1. The van der Waals surface area contributed by atoms with Gasteiger partial charge in [-0.3, -0.25) is 9.48 Å². The number of amides is 1. The SMILES string of the molecule is CCN(C(=O)c1cnn(C)c1C)C1CCNC1. The molecule has 0 aromatic carbocycles. The lowest BCUT2D eigenvalue weighted by atomic mass is 10.1. The second kappa shape index (κ2) is 4.87. The van der Waals surface area contributed by atoms with E-state index < -0.39 is 0 Å². The summed E-state index contributed by atoms with van der Waals surface area (Å²) in [5.41, 5.74) is 1.65. The molecule has 0 spiro atoms. The van der Waals surface area contributed by atoms with Gasteiger partial charge in [0.25, 0.3) is 5.91 Å². The van der Waals surface area contributed by atoms with Crippen LogP contribution >= 0.6 is 0 Å². The van der Waals surface area contributed by atoms with Crippen molar-refractivity contribution in [3.05, 3.63) is 17.5 Å². The van der Waals surface area contributed by atoms with Gasteiger partial charge in [-0.1, -0.05) is 0 Å². The Morgan fingerprint density at radius 3 is 2.94 bits per heavy atom. The molecule has 0 saturated carbocycles. The summed E-state index contributed by atoms with van der Waals surface area (Å²) < 4.78 is 1.74. The highest BCUT2D eigenvalue weighted by Gasteiger charge is 2.27. The van der Waals surface area contributed by atoms with Crippen LogP contribution in [0, 0.1) is 6.92 Å². The van der Waals surface area contributed by atoms with Crippen LogP contribution in [0.4, 0.5) is 0 Å². The van der Waals surface area contributed by atoms with Crippen molar-refractivity contribution in [1.29, 1.82) is 0 Å². The minimum Gasteiger partial charge on any atom is -0.335 e. The molecule has 1 unspecified atom stereocenters. The lowest BCUT2D eigenvalue weighted by Crippen LogP contribution is -2.41. The summed E-state index contributed by atoms with van der Waals surface area (Å²) in [6.07, 6.45) is 2.71. The van der Waals surface area contributed by atoms with E-state index in [1.165, 1.54) is 0 Å². The van der Waals surface area contributed by atoms with Crippen LogP contribution in [0.3, 0.4) is 0 Å². The first-order chi connectivity index (χ1) is 8.15. The van der Waals surface area contributed by atoms with Gasteiger partial charge in [0, 0.05) is 31.9 Å².